The Morgan fingerprint density at radius 2 is 2.05 bits per heavy atom. The summed E-state index contributed by atoms with van der Waals surface area (Å²) in [5, 5.41) is 4.05. The average molecular weight is 311 g/mol. The highest BCUT2D eigenvalue weighted by molar-refractivity contribution is 7.99. The molecular weight excluding hydrogens is 294 g/mol. The first-order valence-electron chi connectivity index (χ1n) is 7.06. The molecule has 2 N–H and O–H groups in total. The molecule has 1 amide bonds. The zero-order valence-corrected chi connectivity index (χ0v) is 13.1. The van der Waals surface area contributed by atoms with Gasteiger partial charge in [0, 0.05) is 40.4 Å². The van der Waals surface area contributed by atoms with Crippen LogP contribution in [0.1, 0.15) is 11.3 Å². The summed E-state index contributed by atoms with van der Waals surface area (Å²) >= 11 is 1.60. The van der Waals surface area contributed by atoms with Crippen molar-refractivity contribution in [2.75, 3.05) is 11.1 Å². The van der Waals surface area contributed by atoms with Crippen molar-refractivity contribution in [1.29, 1.82) is 0 Å². The molecule has 5 heteroatoms. The minimum Gasteiger partial charge on any atom is -0.359 e. The van der Waals surface area contributed by atoms with Crippen LogP contribution in [0.3, 0.4) is 0 Å². The van der Waals surface area contributed by atoms with Crippen molar-refractivity contribution in [1.82, 2.24) is 9.97 Å². The number of benzene rings is 1. The highest BCUT2D eigenvalue weighted by Crippen LogP contribution is 2.20. The van der Waals surface area contributed by atoms with Crippen molar-refractivity contribution in [3.8, 4) is 0 Å². The summed E-state index contributed by atoms with van der Waals surface area (Å²) in [7, 11) is 0. The smallest absolute Gasteiger partial charge is 0.234 e. The summed E-state index contributed by atoms with van der Waals surface area (Å²) in [6.07, 6.45) is 3.54. The molecule has 0 fully saturated rings. The van der Waals surface area contributed by atoms with Crippen LogP contribution in [0.25, 0.3) is 10.9 Å². The van der Waals surface area contributed by atoms with E-state index in [4.69, 9.17) is 0 Å². The van der Waals surface area contributed by atoms with Crippen LogP contribution in [0.4, 0.5) is 5.69 Å². The first-order chi connectivity index (χ1) is 10.7. The van der Waals surface area contributed by atoms with Crippen LogP contribution in [0.15, 0.2) is 48.8 Å². The third-order valence-electron chi connectivity index (χ3n) is 3.29. The van der Waals surface area contributed by atoms with Gasteiger partial charge in [-0.1, -0.05) is 0 Å². The fourth-order valence-electron chi connectivity index (χ4n) is 2.29. The minimum absolute atomic E-state index is 0.0191. The molecule has 22 heavy (non-hydrogen) atoms. The number of rotatable bonds is 5. The number of hydrogen-bond acceptors (Lipinski definition) is 3. The number of amides is 1. The summed E-state index contributed by atoms with van der Waals surface area (Å²) in [4.78, 5) is 19.2. The van der Waals surface area contributed by atoms with Crippen LogP contribution in [0.5, 0.6) is 0 Å². The van der Waals surface area contributed by atoms with Gasteiger partial charge in [0.05, 0.1) is 5.75 Å². The molecule has 0 spiro atoms. The quantitative estimate of drug-likeness (QED) is 0.754. The first-order valence-corrected chi connectivity index (χ1v) is 8.22. The zero-order valence-electron chi connectivity index (χ0n) is 12.3. The second-order valence-corrected chi connectivity index (χ2v) is 6.14. The molecule has 3 rings (SSSR count). The molecule has 0 aliphatic carbocycles. The number of anilines is 1. The van der Waals surface area contributed by atoms with Crippen LogP contribution in [-0.2, 0) is 10.5 Å². The number of nitrogens with one attached hydrogen (secondary N) is 2. The van der Waals surface area contributed by atoms with E-state index in [0.717, 1.165) is 28.0 Å². The van der Waals surface area contributed by atoms with Gasteiger partial charge in [0.25, 0.3) is 0 Å². The lowest BCUT2D eigenvalue weighted by Crippen LogP contribution is -2.14. The van der Waals surface area contributed by atoms with Gasteiger partial charge in [-0.25, -0.2) is 0 Å². The number of fused-ring (bicyclic) bond motifs is 1. The van der Waals surface area contributed by atoms with Crippen LogP contribution in [-0.4, -0.2) is 21.6 Å². The van der Waals surface area contributed by atoms with Crippen LogP contribution >= 0.6 is 11.8 Å². The number of H-pyrrole nitrogens is 1. The lowest BCUT2D eigenvalue weighted by atomic mass is 10.2. The molecule has 0 saturated carbocycles. The number of carbonyl (C=O) groups is 1. The Morgan fingerprint density at radius 1 is 1.23 bits per heavy atom. The summed E-state index contributed by atoms with van der Waals surface area (Å²) in [5.74, 6) is 1.27. The van der Waals surface area contributed by atoms with E-state index in [2.05, 4.69) is 21.4 Å². The molecule has 0 radical (unpaired) electrons. The topological polar surface area (TPSA) is 57.8 Å². The van der Waals surface area contributed by atoms with Crippen LogP contribution in [0.2, 0.25) is 0 Å². The van der Waals surface area contributed by atoms with E-state index in [1.54, 1.807) is 24.2 Å². The fourth-order valence-corrected chi connectivity index (χ4v) is 3.08. The van der Waals surface area contributed by atoms with Gasteiger partial charge in [-0.3, -0.25) is 9.78 Å². The van der Waals surface area contributed by atoms with E-state index >= 15 is 0 Å². The van der Waals surface area contributed by atoms with Crippen LogP contribution < -0.4 is 5.32 Å². The maximum atomic E-state index is 12.0. The van der Waals surface area contributed by atoms with Crippen molar-refractivity contribution < 1.29 is 4.79 Å². The van der Waals surface area contributed by atoms with E-state index in [9.17, 15) is 4.79 Å². The number of aromatic nitrogens is 2. The highest BCUT2D eigenvalue weighted by Gasteiger charge is 2.05. The Morgan fingerprint density at radius 3 is 2.86 bits per heavy atom. The van der Waals surface area contributed by atoms with Crippen molar-refractivity contribution >= 4 is 34.3 Å². The molecule has 2 aromatic heterocycles. The number of pyridine rings is 1. The summed E-state index contributed by atoms with van der Waals surface area (Å²) in [5.41, 5.74) is 4.21. The van der Waals surface area contributed by atoms with Gasteiger partial charge in [0.1, 0.15) is 0 Å². The number of aromatic amines is 1. The third kappa shape index (κ3) is 3.68. The van der Waals surface area contributed by atoms with Gasteiger partial charge in [-0.05, 0) is 48.9 Å². The number of thioether (sulfide) groups is 1. The number of aryl methyl sites for hydroxylation is 1. The summed E-state index contributed by atoms with van der Waals surface area (Å²) in [6.45, 7) is 2.02. The second kappa shape index (κ2) is 6.66. The molecule has 0 atom stereocenters. The molecule has 0 saturated heterocycles. The van der Waals surface area contributed by atoms with Gasteiger partial charge in [0.2, 0.25) is 5.91 Å². The zero-order chi connectivity index (χ0) is 15.4. The van der Waals surface area contributed by atoms with Crippen molar-refractivity contribution in [3.63, 3.8) is 0 Å². The third-order valence-corrected chi connectivity index (χ3v) is 4.29. The largest absolute Gasteiger partial charge is 0.359 e. The molecule has 4 nitrogen and oxygen atoms in total. The van der Waals surface area contributed by atoms with E-state index in [0.29, 0.717) is 5.75 Å². The Kier molecular flexibility index (Phi) is 4.44. The lowest BCUT2D eigenvalue weighted by molar-refractivity contribution is -0.113. The molecule has 0 aliphatic heterocycles. The predicted molar refractivity (Wildman–Crippen MR) is 92.1 cm³/mol. The molecule has 0 unspecified atom stereocenters. The Balaban J connectivity index is 1.54. The standard InChI is InChI=1S/C17H17N3OS/c1-12-8-14-9-15(2-3-16(14)19-12)20-17(21)11-22-10-13-4-6-18-7-5-13/h2-9,19H,10-11H2,1H3,(H,20,21). The lowest BCUT2D eigenvalue weighted by Gasteiger charge is -2.05. The number of hydrogen-bond donors (Lipinski definition) is 2. The Labute approximate surface area is 133 Å². The number of carbonyl (C=O) groups excluding carboxylic acids is 1. The SMILES string of the molecule is Cc1cc2cc(NC(=O)CSCc3ccncc3)ccc2[nH]1. The Hall–Kier alpha value is -2.27. The number of nitrogens with zero attached hydrogens (tertiary/aromatic N) is 1. The van der Waals surface area contributed by atoms with Gasteiger partial charge < -0.3 is 10.3 Å². The van der Waals surface area contributed by atoms with Crippen molar-refractivity contribution in [2.45, 2.75) is 12.7 Å². The second-order valence-electron chi connectivity index (χ2n) is 5.15. The molecule has 112 valence electrons. The highest BCUT2D eigenvalue weighted by atomic mass is 32.2. The van der Waals surface area contributed by atoms with Gasteiger partial charge in [0.15, 0.2) is 0 Å². The molecular formula is C17H17N3OS. The van der Waals surface area contributed by atoms with E-state index in [-0.39, 0.29) is 5.91 Å². The van der Waals surface area contributed by atoms with Crippen molar-refractivity contribution in [3.05, 3.63) is 60.0 Å². The minimum atomic E-state index is 0.0191. The average Bonchev–Trinajstić information content (AvgIpc) is 2.87. The molecule has 3 aromatic rings. The summed E-state index contributed by atoms with van der Waals surface area (Å²) in [6, 6.07) is 11.9. The predicted octanol–water partition coefficient (Wildman–Crippen LogP) is 3.74. The van der Waals surface area contributed by atoms with Gasteiger partial charge in [-0.2, -0.15) is 0 Å². The van der Waals surface area contributed by atoms with E-state index in [1.807, 2.05) is 37.3 Å². The van der Waals surface area contributed by atoms with Crippen molar-refractivity contribution in [2.24, 2.45) is 0 Å². The maximum Gasteiger partial charge on any atom is 0.234 e. The van der Waals surface area contributed by atoms with Gasteiger partial charge in [-0.15, -0.1) is 11.8 Å². The molecule has 1 aromatic carbocycles. The van der Waals surface area contributed by atoms with E-state index < -0.39 is 0 Å². The van der Waals surface area contributed by atoms with Gasteiger partial charge >= 0.3 is 0 Å². The molecule has 0 aliphatic rings. The monoisotopic (exact) mass is 311 g/mol. The fraction of sp³-hybridized carbons (Fsp3) is 0.176. The normalized spacial score (nSPS) is 10.8. The summed E-state index contributed by atoms with van der Waals surface area (Å²) < 4.78 is 0. The maximum absolute atomic E-state index is 12.0. The first kappa shape index (κ1) is 14.7. The Bertz CT molecular complexity index is 783. The van der Waals surface area contributed by atoms with E-state index in [1.165, 1.54) is 5.56 Å². The van der Waals surface area contributed by atoms with Crippen LogP contribution in [0, 0.1) is 6.92 Å². The molecule has 2 heterocycles. The molecule has 0 bridgehead atoms.